The Morgan fingerprint density at radius 3 is 2.56 bits per heavy atom. The van der Waals surface area contributed by atoms with Gasteiger partial charge in [-0.15, -0.1) is 0 Å². The van der Waals surface area contributed by atoms with Crippen LogP contribution in [0.25, 0.3) is 0 Å². The summed E-state index contributed by atoms with van der Waals surface area (Å²) in [6.07, 6.45) is 0. The zero-order chi connectivity index (χ0) is 12.1. The zero-order valence-electron chi connectivity index (χ0n) is 8.80. The second-order valence-electron chi connectivity index (χ2n) is 3.33. The maximum absolute atomic E-state index is 11.3. The van der Waals surface area contributed by atoms with E-state index in [1.165, 1.54) is 13.0 Å². The molecule has 0 aliphatic heterocycles. The summed E-state index contributed by atoms with van der Waals surface area (Å²) in [4.78, 5) is 22.0. The number of aliphatic carboxylic acids is 1. The fraction of sp³-hybridized carbons (Fsp3) is 0.273. The van der Waals surface area contributed by atoms with E-state index in [4.69, 9.17) is 10.2 Å². The van der Waals surface area contributed by atoms with Crippen LogP contribution in [0.4, 0.5) is 5.69 Å². The molecule has 0 aromatic heterocycles. The van der Waals surface area contributed by atoms with Gasteiger partial charge in [-0.2, -0.15) is 0 Å². The van der Waals surface area contributed by atoms with E-state index in [1.54, 1.807) is 18.2 Å². The molecule has 5 heteroatoms. The summed E-state index contributed by atoms with van der Waals surface area (Å²) in [6, 6.07) is 5.68. The number of para-hydroxylation sites is 1. The average Bonchev–Trinajstić information content (AvgIpc) is 2.28. The summed E-state index contributed by atoms with van der Waals surface area (Å²) in [5.41, 5.74) is 0.703. The van der Waals surface area contributed by atoms with Crippen molar-refractivity contribution in [3.63, 3.8) is 0 Å². The first-order valence-electron chi connectivity index (χ1n) is 4.78. The maximum Gasteiger partial charge on any atom is 0.325 e. The van der Waals surface area contributed by atoms with E-state index >= 15 is 0 Å². The molecule has 1 atom stereocenters. The van der Waals surface area contributed by atoms with Gasteiger partial charge in [-0.3, -0.25) is 9.59 Å². The highest BCUT2D eigenvalue weighted by molar-refractivity contribution is 6.02. The SMILES string of the molecule is CC(Nc1ccccc1C(=O)CO)C(=O)O. The minimum absolute atomic E-state index is 0.290. The number of hydrogen-bond donors (Lipinski definition) is 3. The Labute approximate surface area is 92.7 Å². The Balaban J connectivity index is 2.95. The van der Waals surface area contributed by atoms with E-state index in [0.717, 1.165) is 0 Å². The lowest BCUT2D eigenvalue weighted by atomic mass is 10.1. The highest BCUT2D eigenvalue weighted by Gasteiger charge is 2.14. The summed E-state index contributed by atoms with van der Waals surface area (Å²) >= 11 is 0. The molecule has 16 heavy (non-hydrogen) atoms. The van der Waals surface area contributed by atoms with Crippen LogP contribution in [0.15, 0.2) is 24.3 Å². The van der Waals surface area contributed by atoms with Crippen molar-refractivity contribution in [3.05, 3.63) is 29.8 Å². The van der Waals surface area contributed by atoms with Gasteiger partial charge >= 0.3 is 5.97 Å². The molecule has 1 unspecified atom stereocenters. The van der Waals surface area contributed by atoms with E-state index in [2.05, 4.69) is 5.32 Å². The molecule has 1 aromatic rings. The van der Waals surface area contributed by atoms with Crippen LogP contribution in [0.5, 0.6) is 0 Å². The lowest BCUT2D eigenvalue weighted by Gasteiger charge is -2.13. The van der Waals surface area contributed by atoms with Gasteiger partial charge in [0.2, 0.25) is 0 Å². The number of aliphatic hydroxyl groups excluding tert-OH is 1. The van der Waals surface area contributed by atoms with Gasteiger partial charge in [0.25, 0.3) is 0 Å². The van der Waals surface area contributed by atoms with E-state index < -0.39 is 24.4 Å². The smallest absolute Gasteiger partial charge is 0.325 e. The van der Waals surface area contributed by atoms with Gasteiger partial charge in [0.05, 0.1) is 0 Å². The molecule has 0 heterocycles. The Hall–Kier alpha value is -1.88. The summed E-state index contributed by atoms with van der Waals surface area (Å²) < 4.78 is 0. The van der Waals surface area contributed by atoms with Crippen molar-refractivity contribution in [3.8, 4) is 0 Å². The number of nitrogens with one attached hydrogen (secondary N) is 1. The largest absolute Gasteiger partial charge is 0.480 e. The van der Waals surface area contributed by atoms with Crippen LogP contribution in [0, 0.1) is 0 Å². The van der Waals surface area contributed by atoms with E-state index in [-0.39, 0.29) is 5.56 Å². The standard InChI is InChI=1S/C11H13NO4/c1-7(11(15)16)12-9-5-3-2-4-8(9)10(14)6-13/h2-5,7,12-13H,6H2,1H3,(H,15,16). The third-order valence-corrected chi connectivity index (χ3v) is 2.11. The lowest BCUT2D eigenvalue weighted by molar-refractivity contribution is -0.137. The fourth-order valence-electron chi connectivity index (χ4n) is 1.23. The average molecular weight is 223 g/mol. The molecule has 0 spiro atoms. The number of anilines is 1. The molecule has 3 N–H and O–H groups in total. The summed E-state index contributed by atoms with van der Waals surface area (Å²) in [5.74, 6) is -1.45. The van der Waals surface area contributed by atoms with Crippen molar-refractivity contribution in [2.45, 2.75) is 13.0 Å². The predicted molar refractivity (Wildman–Crippen MR) is 58.6 cm³/mol. The van der Waals surface area contributed by atoms with Crippen LogP contribution in [-0.2, 0) is 4.79 Å². The van der Waals surface area contributed by atoms with Crippen molar-refractivity contribution >= 4 is 17.4 Å². The first kappa shape index (κ1) is 12.2. The highest BCUT2D eigenvalue weighted by atomic mass is 16.4. The Morgan fingerprint density at radius 2 is 2.00 bits per heavy atom. The number of carbonyl (C=O) groups excluding carboxylic acids is 1. The van der Waals surface area contributed by atoms with Crippen molar-refractivity contribution < 1.29 is 19.8 Å². The number of ketones is 1. The van der Waals surface area contributed by atoms with Crippen molar-refractivity contribution in [2.24, 2.45) is 0 Å². The molecule has 1 aromatic carbocycles. The van der Waals surface area contributed by atoms with Crippen LogP contribution >= 0.6 is 0 Å². The second-order valence-corrected chi connectivity index (χ2v) is 3.33. The van der Waals surface area contributed by atoms with Gasteiger partial charge in [-0.05, 0) is 19.1 Å². The van der Waals surface area contributed by atoms with Crippen LogP contribution in [0.1, 0.15) is 17.3 Å². The van der Waals surface area contributed by atoms with Gasteiger partial charge in [0.1, 0.15) is 12.6 Å². The van der Waals surface area contributed by atoms with Crippen LogP contribution in [-0.4, -0.2) is 34.6 Å². The monoisotopic (exact) mass is 223 g/mol. The Bertz CT molecular complexity index is 403. The quantitative estimate of drug-likeness (QED) is 0.641. The van der Waals surface area contributed by atoms with Gasteiger partial charge in [0.15, 0.2) is 5.78 Å². The number of hydrogen-bond acceptors (Lipinski definition) is 4. The molecule has 0 bridgehead atoms. The van der Waals surface area contributed by atoms with Gasteiger partial charge in [-0.25, -0.2) is 0 Å². The van der Waals surface area contributed by atoms with E-state index in [9.17, 15) is 9.59 Å². The molecular formula is C11H13NO4. The van der Waals surface area contributed by atoms with Gasteiger partial charge in [-0.1, -0.05) is 12.1 Å². The van der Waals surface area contributed by atoms with Crippen LogP contribution in [0.2, 0.25) is 0 Å². The summed E-state index contributed by atoms with van der Waals surface area (Å²) in [6.45, 7) is 0.878. The number of aliphatic hydroxyl groups is 1. The molecule has 0 aliphatic carbocycles. The number of benzene rings is 1. The van der Waals surface area contributed by atoms with Crippen LogP contribution < -0.4 is 5.32 Å². The zero-order valence-corrected chi connectivity index (χ0v) is 8.80. The number of rotatable bonds is 5. The molecule has 0 aliphatic rings. The van der Waals surface area contributed by atoms with Gasteiger partial charge in [0, 0.05) is 11.3 Å². The molecule has 0 fully saturated rings. The highest BCUT2D eigenvalue weighted by Crippen LogP contribution is 2.16. The third kappa shape index (κ3) is 2.80. The van der Waals surface area contributed by atoms with Gasteiger partial charge < -0.3 is 15.5 Å². The first-order chi connectivity index (χ1) is 7.56. The fourth-order valence-corrected chi connectivity index (χ4v) is 1.23. The minimum atomic E-state index is -1.01. The molecule has 1 rings (SSSR count). The number of carboxylic acid groups (broad SMARTS) is 1. The Morgan fingerprint density at radius 1 is 1.38 bits per heavy atom. The normalized spacial score (nSPS) is 11.9. The third-order valence-electron chi connectivity index (χ3n) is 2.11. The van der Waals surface area contributed by atoms with E-state index in [0.29, 0.717) is 5.69 Å². The van der Waals surface area contributed by atoms with Crippen molar-refractivity contribution in [1.82, 2.24) is 0 Å². The second kappa shape index (κ2) is 5.27. The maximum atomic E-state index is 11.3. The summed E-state index contributed by atoms with van der Waals surface area (Å²) in [7, 11) is 0. The molecule has 0 amide bonds. The predicted octanol–water partition coefficient (Wildman–Crippen LogP) is 0.747. The van der Waals surface area contributed by atoms with Crippen LogP contribution in [0.3, 0.4) is 0 Å². The number of Topliss-reactive ketones (excluding diaryl/α,β-unsaturated/α-hetero) is 1. The molecular weight excluding hydrogens is 210 g/mol. The van der Waals surface area contributed by atoms with Crippen molar-refractivity contribution in [1.29, 1.82) is 0 Å². The molecule has 86 valence electrons. The minimum Gasteiger partial charge on any atom is -0.480 e. The molecule has 0 saturated heterocycles. The topological polar surface area (TPSA) is 86.6 Å². The molecule has 0 radical (unpaired) electrons. The molecule has 0 saturated carbocycles. The van der Waals surface area contributed by atoms with E-state index in [1.807, 2.05) is 0 Å². The summed E-state index contributed by atoms with van der Waals surface area (Å²) in [5, 5.41) is 20.2. The number of carbonyl (C=O) groups is 2. The lowest BCUT2D eigenvalue weighted by Crippen LogP contribution is -2.26. The Kier molecular flexibility index (Phi) is 4.02. The molecule has 5 nitrogen and oxygen atoms in total. The number of carboxylic acids is 1. The first-order valence-corrected chi connectivity index (χ1v) is 4.78. The van der Waals surface area contributed by atoms with Crippen molar-refractivity contribution in [2.75, 3.05) is 11.9 Å².